The van der Waals surface area contributed by atoms with Crippen LogP contribution in [0.4, 0.5) is 5.69 Å². The van der Waals surface area contributed by atoms with Crippen LogP contribution in [0.2, 0.25) is 0 Å². The number of hydrogen-bond donors (Lipinski definition) is 2. The predicted octanol–water partition coefficient (Wildman–Crippen LogP) is 3.65. The van der Waals surface area contributed by atoms with Crippen molar-refractivity contribution in [3.8, 4) is 17.1 Å². The second-order valence-corrected chi connectivity index (χ2v) is 6.18. The van der Waals surface area contributed by atoms with E-state index in [9.17, 15) is 4.79 Å². The van der Waals surface area contributed by atoms with Gasteiger partial charge in [-0.1, -0.05) is 0 Å². The number of amides is 1. The zero-order valence-corrected chi connectivity index (χ0v) is 14.2. The molecule has 0 spiro atoms. The average Bonchev–Trinajstić information content (AvgIpc) is 3.23. The van der Waals surface area contributed by atoms with Gasteiger partial charge in [0.15, 0.2) is 0 Å². The molecule has 4 rings (SSSR count). The summed E-state index contributed by atoms with van der Waals surface area (Å²) < 4.78 is 7.54. The van der Waals surface area contributed by atoms with Crippen molar-refractivity contribution < 1.29 is 9.53 Å². The standard InChI is InChI=1S/C19H20N4O2/c1-3-25-14-6-4-13(5-7-14)22-19(24)15-11-21-16-10-12(2)23-9-8-20-18(23)17(15)16/h4-9,11-12,21H,3,10H2,1-2H3,(H,22,24)/t12-/m0/s1. The summed E-state index contributed by atoms with van der Waals surface area (Å²) in [5.74, 6) is 1.48. The first-order valence-electron chi connectivity index (χ1n) is 8.45. The summed E-state index contributed by atoms with van der Waals surface area (Å²) in [5.41, 5.74) is 3.30. The van der Waals surface area contributed by atoms with Crippen LogP contribution >= 0.6 is 0 Å². The molecule has 1 aliphatic heterocycles. The van der Waals surface area contributed by atoms with Gasteiger partial charge in [-0.05, 0) is 38.1 Å². The van der Waals surface area contributed by atoms with E-state index >= 15 is 0 Å². The maximum absolute atomic E-state index is 12.8. The molecular weight excluding hydrogens is 316 g/mol. The second-order valence-electron chi connectivity index (χ2n) is 6.18. The van der Waals surface area contributed by atoms with Crippen LogP contribution < -0.4 is 10.1 Å². The van der Waals surface area contributed by atoms with Crippen LogP contribution in [-0.4, -0.2) is 27.0 Å². The lowest BCUT2D eigenvalue weighted by atomic mass is 10.0. The fraction of sp³-hybridized carbons (Fsp3) is 0.263. The molecule has 2 aromatic heterocycles. The lowest BCUT2D eigenvalue weighted by Crippen LogP contribution is -2.18. The van der Waals surface area contributed by atoms with E-state index in [4.69, 9.17) is 4.74 Å². The van der Waals surface area contributed by atoms with Gasteiger partial charge in [-0.25, -0.2) is 4.98 Å². The van der Waals surface area contributed by atoms with E-state index in [0.717, 1.165) is 34.9 Å². The van der Waals surface area contributed by atoms with Crippen molar-refractivity contribution in [2.75, 3.05) is 11.9 Å². The van der Waals surface area contributed by atoms with Crippen molar-refractivity contribution in [3.05, 3.63) is 54.1 Å². The first-order chi connectivity index (χ1) is 12.2. The molecule has 1 aromatic carbocycles. The number of hydrogen-bond acceptors (Lipinski definition) is 3. The number of nitrogens with zero attached hydrogens (tertiary/aromatic N) is 2. The third kappa shape index (κ3) is 2.69. The summed E-state index contributed by atoms with van der Waals surface area (Å²) in [6.07, 6.45) is 6.37. The molecule has 0 radical (unpaired) electrons. The van der Waals surface area contributed by atoms with Gasteiger partial charge in [0, 0.05) is 42.4 Å². The molecule has 0 unspecified atom stereocenters. The lowest BCUT2D eigenvalue weighted by Gasteiger charge is -2.22. The predicted molar refractivity (Wildman–Crippen MR) is 96.0 cm³/mol. The molecular formula is C19H20N4O2. The van der Waals surface area contributed by atoms with E-state index in [1.165, 1.54) is 0 Å². The number of fused-ring (bicyclic) bond motifs is 3. The highest BCUT2D eigenvalue weighted by atomic mass is 16.5. The third-order valence-electron chi connectivity index (χ3n) is 4.50. The molecule has 1 amide bonds. The van der Waals surface area contributed by atoms with Gasteiger partial charge in [0.1, 0.15) is 11.6 Å². The van der Waals surface area contributed by atoms with Gasteiger partial charge < -0.3 is 19.6 Å². The number of carbonyl (C=O) groups is 1. The molecule has 0 fully saturated rings. The Bertz CT molecular complexity index is 908. The van der Waals surface area contributed by atoms with E-state index in [-0.39, 0.29) is 5.91 Å². The zero-order valence-electron chi connectivity index (χ0n) is 14.2. The molecule has 0 aliphatic carbocycles. The van der Waals surface area contributed by atoms with Crippen LogP contribution in [0.25, 0.3) is 11.4 Å². The van der Waals surface area contributed by atoms with Crippen LogP contribution in [0.15, 0.2) is 42.9 Å². The lowest BCUT2D eigenvalue weighted by molar-refractivity contribution is 0.102. The van der Waals surface area contributed by atoms with Crippen molar-refractivity contribution >= 4 is 11.6 Å². The Hall–Kier alpha value is -3.02. The number of anilines is 1. The minimum Gasteiger partial charge on any atom is -0.494 e. The quantitative estimate of drug-likeness (QED) is 0.764. The highest BCUT2D eigenvalue weighted by Gasteiger charge is 2.28. The van der Waals surface area contributed by atoms with Gasteiger partial charge in [0.05, 0.1) is 17.7 Å². The Morgan fingerprint density at radius 2 is 2.20 bits per heavy atom. The summed E-state index contributed by atoms with van der Waals surface area (Å²) in [4.78, 5) is 20.5. The van der Waals surface area contributed by atoms with E-state index in [2.05, 4.69) is 26.8 Å². The molecule has 1 atom stereocenters. The second kappa shape index (κ2) is 6.12. The maximum Gasteiger partial charge on any atom is 0.257 e. The number of rotatable bonds is 4. The average molecular weight is 336 g/mol. The summed E-state index contributed by atoms with van der Waals surface area (Å²) in [5, 5.41) is 2.95. The molecule has 6 nitrogen and oxygen atoms in total. The number of imidazole rings is 1. The van der Waals surface area contributed by atoms with Gasteiger partial charge in [-0.2, -0.15) is 0 Å². The minimum absolute atomic E-state index is 0.147. The fourth-order valence-corrected chi connectivity index (χ4v) is 3.32. The number of aromatic amines is 1. The molecule has 3 heterocycles. The molecule has 0 saturated heterocycles. The van der Waals surface area contributed by atoms with Crippen molar-refractivity contribution in [1.82, 2.24) is 14.5 Å². The number of carbonyl (C=O) groups excluding carboxylic acids is 1. The van der Waals surface area contributed by atoms with Crippen LogP contribution in [0.3, 0.4) is 0 Å². The Morgan fingerprint density at radius 3 is 2.96 bits per heavy atom. The summed E-state index contributed by atoms with van der Waals surface area (Å²) >= 11 is 0. The van der Waals surface area contributed by atoms with Gasteiger partial charge in [0.2, 0.25) is 0 Å². The van der Waals surface area contributed by atoms with Crippen molar-refractivity contribution in [1.29, 1.82) is 0 Å². The Balaban J connectivity index is 1.61. The Labute approximate surface area is 145 Å². The summed E-state index contributed by atoms with van der Waals surface area (Å²) in [6.45, 7) is 4.70. The van der Waals surface area contributed by atoms with Crippen molar-refractivity contribution in [2.45, 2.75) is 26.3 Å². The van der Waals surface area contributed by atoms with Gasteiger partial charge >= 0.3 is 0 Å². The van der Waals surface area contributed by atoms with Crippen molar-refractivity contribution in [3.63, 3.8) is 0 Å². The largest absolute Gasteiger partial charge is 0.494 e. The third-order valence-corrected chi connectivity index (χ3v) is 4.50. The summed E-state index contributed by atoms with van der Waals surface area (Å²) in [7, 11) is 0. The number of ether oxygens (including phenoxy) is 1. The molecule has 1 aliphatic rings. The van der Waals surface area contributed by atoms with E-state index in [1.807, 2.05) is 37.4 Å². The van der Waals surface area contributed by atoms with E-state index < -0.39 is 0 Å². The van der Waals surface area contributed by atoms with Gasteiger partial charge in [0.25, 0.3) is 5.91 Å². The zero-order chi connectivity index (χ0) is 17.4. The van der Waals surface area contributed by atoms with Crippen LogP contribution in [-0.2, 0) is 6.42 Å². The smallest absolute Gasteiger partial charge is 0.257 e. The first-order valence-corrected chi connectivity index (χ1v) is 8.45. The van der Waals surface area contributed by atoms with Crippen molar-refractivity contribution in [2.24, 2.45) is 0 Å². The maximum atomic E-state index is 12.8. The number of benzene rings is 1. The molecule has 25 heavy (non-hydrogen) atoms. The number of aromatic nitrogens is 3. The Morgan fingerprint density at radius 1 is 1.40 bits per heavy atom. The molecule has 128 valence electrons. The van der Waals surface area contributed by atoms with Crippen LogP contribution in [0.5, 0.6) is 5.75 Å². The van der Waals surface area contributed by atoms with Gasteiger partial charge in [-0.3, -0.25) is 4.79 Å². The highest BCUT2D eigenvalue weighted by molar-refractivity contribution is 6.08. The van der Waals surface area contributed by atoms with Crippen LogP contribution in [0.1, 0.15) is 35.9 Å². The Kier molecular flexibility index (Phi) is 3.80. The van der Waals surface area contributed by atoms with Crippen LogP contribution in [0, 0.1) is 0 Å². The van der Waals surface area contributed by atoms with E-state index in [0.29, 0.717) is 18.2 Å². The fourth-order valence-electron chi connectivity index (χ4n) is 3.32. The number of H-pyrrole nitrogens is 1. The first kappa shape index (κ1) is 15.5. The highest BCUT2D eigenvalue weighted by Crippen LogP contribution is 2.35. The summed E-state index contributed by atoms with van der Waals surface area (Å²) in [6, 6.07) is 7.70. The minimum atomic E-state index is -0.147. The molecule has 0 bridgehead atoms. The monoisotopic (exact) mass is 336 g/mol. The molecule has 0 saturated carbocycles. The van der Waals surface area contributed by atoms with E-state index in [1.54, 1.807) is 12.4 Å². The normalized spacial score (nSPS) is 15.4. The molecule has 3 aromatic rings. The SMILES string of the molecule is CCOc1ccc(NC(=O)c2c[nH]c3c2-c2nccn2[C@@H](C)C3)cc1. The number of nitrogens with one attached hydrogen (secondary N) is 2. The molecule has 6 heteroatoms. The molecule has 2 N–H and O–H groups in total. The topological polar surface area (TPSA) is 71.9 Å². The van der Waals surface area contributed by atoms with Gasteiger partial charge in [-0.15, -0.1) is 0 Å².